The van der Waals surface area contributed by atoms with Gasteiger partial charge in [-0.2, -0.15) is 0 Å². The summed E-state index contributed by atoms with van der Waals surface area (Å²) in [6.07, 6.45) is 1.46. The monoisotopic (exact) mass is 267 g/mol. The smallest absolute Gasteiger partial charge is 0.340 e. The van der Waals surface area contributed by atoms with Crippen LogP contribution in [0.1, 0.15) is 10.4 Å². The van der Waals surface area contributed by atoms with Crippen LogP contribution < -0.4 is 11.1 Å². The average Bonchev–Trinajstić information content (AvgIpc) is 2.46. The SMILES string of the molecule is COC(=O)c1ccnc(NCC2COCCO2)c1N. The van der Waals surface area contributed by atoms with Gasteiger partial charge in [-0.3, -0.25) is 0 Å². The number of hydrogen-bond donors (Lipinski definition) is 2. The Balaban J connectivity index is 2.01. The number of esters is 1. The molecule has 104 valence electrons. The zero-order valence-corrected chi connectivity index (χ0v) is 10.7. The molecule has 1 aliphatic heterocycles. The average molecular weight is 267 g/mol. The second-order valence-electron chi connectivity index (χ2n) is 4.06. The third-order valence-electron chi connectivity index (χ3n) is 2.78. The van der Waals surface area contributed by atoms with Crippen molar-refractivity contribution in [2.45, 2.75) is 6.10 Å². The number of anilines is 2. The van der Waals surface area contributed by atoms with E-state index in [0.717, 1.165) is 0 Å². The van der Waals surface area contributed by atoms with Crippen molar-refractivity contribution in [3.05, 3.63) is 17.8 Å². The van der Waals surface area contributed by atoms with Crippen molar-refractivity contribution in [1.82, 2.24) is 4.98 Å². The number of nitrogens with zero attached hydrogens (tertiary/aromatic N) is 1. The number of methoxy groups -OCH3 is 1. The topological polar surface area (TPSA) is 95.7 Å². The van der Waals surface area contributed by atoms with Gasteiger partial charge < -0.3 is 25.3 Å². The van der Waals surface area contributed by atoms with Gasteiger partial charge in [0.05, 0.1) is 44.3 Å². The zero-order chi connectivity index (χ0) is 13.7. The van der Waals surface area contributed by atoms with Crippen LogP contribution in [-0.2, 0) is 14.2 Å². The Kier molecular flexibility index (Phi) is 4.53. The minimum Gasteiger partial charge on any atom is -0.465 e. The Morgan fingerprint density at radius 3 is 3.16 bits per heavy atom. The van der Waals surface area contributed by atoms with Gasteiger partial charge in [0.2, 0.25) is 0 Å². The summed E-state index contributed by atoms with van der Waals surface area (Å²) in [4.78, 5) is 15.6. The van der Waals surface area contributed by atoms with Crippen LogP contribution in [0.4, 0.5) is 11.5 Å². The number of aromatic nitrogens is 1. The van der Waals surface area contributed by atoms with Gasteiger partial charge in [-0.1, -0.05) is 0 Å². The number of ether oxygens (including phenoxy) is 3. The van der Waals surface area contributed by atoms with Gasteiger partial charge in [-0.15, -0.1) is 0 Å². The lowest BCUT2D eigenvalue weighted by Gasteiger charge is -2.23. The predicted octanol–water partition coefficient (Wildman–Crippen LogP) is 0.278. The van der Waals surface area contributed by atoms with Crippen LogP contribution in [0.5, 0.6) is 0 Å². The van der Waals surface area contributed by atoms with Gasteiger partial charge in [0.25, 0.3) is 0 Å². The first-order valence-corrected chi connectivity index (χ1v) is 5.98. The minimum absolute atomic E-state index is 0.0447. The number of pyridine rings is 1. The van der Waals surface area contributed by atoms with Crippen LogP contribution in [0.2, 0.25) is 0 Å². The van der Waals surface area contributed by atoms with Gasteiger partial charge in [-0.25, -0.2) is 9.78 Å². The molecule has 0 aliphatic carbocycles. The van der Waals surface area contributed by atoms with E-state index in [1.165, 1.54) is 19.4 Å². The molecule has 19 heavy (non-hydrogen) atoms. The maximum atomic E-state index is 11.5. The molecule has 7 heteroatoms. The molecule has 0 saturated carbocycles. The molecule has 0 radical (unpaired) electrons. The maximum absolute atomic E-state index is 11.5. The summed E-state index contributed by atoms with van der Waals surface area (Å²) in [5.41, 5.74) is 6.44. The van der Waals surface area contributed by atoms with Crippen molar-refractivity contribution < 1.29 is 19.0 Å². The molecule has 1 saturated heterocycles. The predicted molar refractivity (Wildman–Crippen MR) is 69.0 cm³/mol. The highest BCUT2D eigenvalue weighted by Gasteiger charge is 2.17. The highest BCUT2D eigenvalue weighted by atomic mass is 16.6. The van der Waals surface area contributed by atoms with Crippen LogP contribution in [0.15, 0.2) is 12.3 Å². The van der Waals surface area contributed by atoms with Gasteiger partial charge in [-0.05, 0) is 6.07 Å². The number of rotatable bonds is 4. The molecule has 1 aliphatic rings. The zero-order valence-electron chi connectivity index (χ0n) is 10.7. The molecule has 1 aromatic rings. The highest BCUT2D eigenvalue weighted by molar-refractivity contribution is 5.97. The molecule has 1 unspecified atom stereocenters. The van der Waals surface area contributed by atoms with E-state index in [2.05, 4.69) is 15.0 Å². The van der Waals surface area contributed by atoms with Crippen molar-refractivity contribution in [1.29, 1.82) is 0 Å². The standard InChI is InChI=1S/C12H17N3O4/c1-17-12(16)9-2-3-14-11(10(9)13)15-6-8-7-18-4-5-19-8/h2-3,8H,4-7,13H2,1H3,(H,14,15). The molecule has 1 aromatic heterocycles. The Morgan fingerprint density at radius 1 is 1.63 bits per heavy atom. The fourth-order valence-corrected chi connectivity index (χ4v) is 1.77. The first-order valence-electron chi connectivity index (χ1n) is 5.98. The highest BCUT2D eigenvalue weighted by Crippen LogP contribution is 2.20. The number of hydrogen-bond acceptors (Lipinski definition) is 7. The molecule has 1 atom stereocenters. The normalized spacial score (nSPS) is 18.9. The Hall–Kier alpha value is -1.86. The summed E-state index contributed by atoms with van der Waals surface area (Å²) in [6, 6.07) is 1.52. The van der Waals surface area contributed by atoms with Crippen LogP contribution in [0.3, 0.4) is 0 Å². The summed E-state index contributed by atoms with van der Waals surface area (Å²) in [6.45, 7) is 2.25. The summed E-state index contributed by atoms with van der Waals surface area (Å²) >= 11 is 0. The fraction of sp³-hybridized carbons (Fsp3) is 0.500. The molecule has 0 aromatic carbocycles. The molecule has 0 amide bonds. The lowest BCUT2D eigenvalue weighted by atomic mass is 10.2. The van der Waals surface area contributed by atoms with E-state index in [-0.39, 0.29) is 11.8 Å². The van der Waals surface area contributed by atoms with Gasteiger partial charge in [0.1, 0.15) is 5.82 Å². The van der Waals surface area contributed by atoms with E-state index in [1.54, 1.807) is 0 Å². The lowest BCUT2D eigenvalue weighted by Crippen LogP contribution is -2.34. The third kappa shape index (κ3) is 3.33. The quantitative estimate of drug-likeness (QED) is 0.756. The van der Waals surface area contributed by atoms with Crippen LogP contribution >= 0.6 is 0 Å². The van der Waals surface area contributed by atoms with E-state index < -0.39 is 5.97 Å². The molecule has 1 fully saturated rings. The minimum atomic E-state index is -0.486. The van der Waals surface area contributed by atoms with E-state index in [1.807, 2.05) is 0 Å². The van der Waals surface area contributed by atoms with Gasteiger partial charge >= 0.3 is 5.97 Å². The molecular weight excluding hydrogens is 250 g/mol. The molecule has 0 spiro atoms. The number of nitrogens with one attached hydrogen (secondary N) is 1. The van der Waals surface area contributed by atoms with Crippen molar-refractivity contribution in [3.63, 3.8) is 0 Å². The molecule has 2 heterocycles. The Labute approximate surface area is 111 Å². The molecule has 2 rings (SSSR count). The number of carbonyl (C=O) groups excluding carboxylic acids is 1. The van der Waals surface area contributed by atoms with E-state index >= 15 is 0 Å². The van der Waals surface area contributed by atoms with Gasteiger partial charge in [0, 0.05) is 12.7 Å². The molecule has 3 N–H and O–H groups in total. The van der Waals surface area contributed by atoms with Crippen molar-refractivity contribution >= 4 is 17.5 Å². The van der Waals surface area contributed by atoms with Crippen molar-refractivity contribution in [2.24, 2.45) is 0 Å². The molecule has 0 bridgehead atoms. The second kappa shape index (κ2) is 6.35. The Bertz CT molecular complexity index is 447. The van der Waals surface area contributed by atoms with E-state index in [4.69, 9.17) is 15.2 Å². The second-order valence-corrected chi connectivity index (χ2v) is 4.06. The number of nitrogens with two attached hydrogens (primary N) is 1. The largest absolute Gasteiger partial charge is 0.465 e. The van der Waals surface area contributed by atoms with Crippen LogP contribution in [-0.4, -0.2) is 50.5 Å². The van der Waals surface area contributed by atoms with Crippen molar-refractivity contribution in [3.8, 4) is 0 Å². The number of nitrogen functional groups attached to an aromatic ring is 1. The van der Waals surface area contributed by atoms with Crippen LogP contribution in [0, 0.1) is 0 Å². The van der Waals surface area contributed by atoms with E-state index in [0.29, 0.717) is 37.7 Å². The Morgan fingerprint density at radius 2 is 2.47 bits per heavy atom. The third-order valence-corrected chi connectivity index (χ3v) is 2.78. The van der Waals surface area contributed by atoms with Gasteiger partial charge in [0.15, 0.2) is 0 Å². The molecular formula is C12H17N3O4. The summed E-state index contributed by atoms with van der Waals surface area (Å²) in [7, 11) is 1.31. The summed E-state index contributed by atoms with van der Waals surface area (Å²) < 4.78 is 15.4. The molecule has 7 nitrogen and oxygen atoms in total. The van der Waals surface area contributed by atoms with Crippen LogP contribution in [0.25, 0.3) is 0 Å². The van der Waals surface area contributed by atoms with E-state index in [9.17, 15) is 4.79 Å². The number of carbonyl (C=O) groups is 1. The first-order chi connectivity index (χ1) is 9.22. The first kappa shape index (κ1) is 13.6. The van der Waals surface area contributed by atoms with Crippen molar-refractivity contribution in [2.75, 3.05) is 44.5 Å². The summed E-state index contributed by atoms with van der Waals surface area (Å²) in [5, 5.41) is 3.05. The maximum Gasteiger partial charge on any atom is 0.340 e. The fourth-order valence-electron chi connectivity index (χ4n) is 1.77. The lowest BCUT2D eigenvalue weighted by molar-refractivity contribution is -0.0819. The summed E-state index contributed by atoms with van der Waals surface area (Å²) in [5.74, 6) is -0.0442.